The molecule has 0 saturated carbocycles. The van der Waals surface area contributed by atoms with Gasteiger partial charge in [-0.2, -0.15) is 0 Å². The van der Waals surface area contributed by atoms with Gasteiger partial charge < -0.3 is 34.6 Å². The zero-order valence-corrected chi connectivity index (χ0v) is 20.6. The maximum absolute atomic E-state index is 11.1. The summed E-state index contributed by atoms with van der Waals surface area (Å²) in [5.74, 6) is -1.84. The van der Waals surface area contributed by atoms with Crippen molar-refractivity contribution in [2.45, 2.75) is 83.3 Å². The van der Waals surface area contributed by atoms with Crippen LogP contribution in [0.4, 0.5) is 0 Å². The van der Waals surface area contributed by atoms with E-state index < -0.39 is 54.9 Å². The number of rotatable bonds is 3. The number of hydrogen-bond donors (Lipinski definition) is 4. The van der Waals surface area contributed by atoms with E-state index in [-0.39, 0.29) is 12.0 Å². The minimum atomic E-state index is -1.29. The number of hydrogen-bond acceptors (Lipinski definition) is 7. The van der Waals surface area contributed by atoms with Crippen molar-refractivity contribution < 1.29 is 34.6 Å². The second-order valence-electron chi connectivity index (χ2n) is 10.6. The van der Waals surface area contributed by atoms with Crippen molar-refractivity contribution >= 4 is 0 Å². The van der Waals surface area contributed by atoms with Crippen molar-refractivity contribution in [3.63, 3.8) is 0 Å². The largest absolute Gasteiger partial charge is 0.392 e. The molecule has 3 saturated heterocycles. The third kappa shape index (κ3) is 4.44. The molecule has 3 aliphatic rings. The van der Waals surface area contributed by atoms with Crippen LogP contribution in [0, 0.1) is 31.6 Å². The molecule has 5 rings (SSSR count). The molecule has 190 valence electrons. The Morgan fingerprint density at radius 2 is 1.37 bits per heavy atom. The van der Waals surface area contributed by atoms with E-state index in [1.807, 2.05) is 39.0 Å². The Morgan fingerprint density at radius 1 is 0.714 bits per heavy atom. The van der Waals surface area contributed by atoms with Crippen molar-refractivity contribution in [2.75, 3.05) is 0 Å². The lowest BCUT2D eigenvalue weighted by Crippen LogP contribution is -2.67. The van der Waals surface area contributed by atoms with Crippen LogP contribution in [-0.2, 0) is 20.6 Å². The van der Waals surface area contributed by atoms with E-state index in [2.05, 4.69) is 31.2 Å². The van der Waals surface area contributed by atoms with Gasteiger partial charge in [-0.15, -0.1) is 0 Å². The predicted molar refractivity (Wildman–Crippen MR) is 128 cm³/mol. The minimum Gasteiger partial charge on any atom is -0.392 e. The molecule has 0 unspecified atom stereocenters. The number of aliphatic hydroxyl groups is 4. The maximum atomic E-state index is 11.1. The van der Waals surface area contributed by atoms with Gasteiger partial charge in [-0.05, 0) is 49.4 Å². The average Bonchev–Trinajstić information content (AvgIpc) is 2.82. The van der Waals surface area contributed by atoms with Crippen molar-refractivity contribution in [3.8, 4) is 0 Å². The summed E-state index contributed by atoms with van der Waals surface area (Å²) in [6.07, 6.45) is -6.76. The van der Waals surface area contributed by atoms with Gasteiger partial charge in [0.05, 0.1) is 36.3 Å². The highest BCUT2D eigenvalue weighted by atomic mass is 16.8. The van der Waals surface area contributed by atoms with E-state index in [1.54, 1.807) is 0 Å². The normalized spacial score (nSPS) is 41.2. The van der Waals surface area contributed by atoms with E-state index in [0.29, 0.717) is 0 Å². The number of ether oxygens (including phenoxy) is 3. The van der Waals surface area contributed by atoms with E-state index in [0.717, 1.165) is 23.1 Å². The molecule has 3 heterocycles. The quantitative estimate of drug-likeness (QED) is 0.530. The molecule has 0 aliphatic carbocycles. The monoisotopic (exact) mass is 484 g/mol. The van der Waals surface area contributed by atoms with Gasteiger partial charge in [0.15, 0.2) is 12.6 Å². The summed E-state index contributed by atoms with van der Waals surface area (Å²) in [5, 5.41) is 44.0. The van der Waals surface area contributed by atoms with Crippen molar-refractivity contribution in [1.82, 2.24) is 0 Å². The van der Waals surface area contributed by atoms with Crippen LogP contribution in [0.25, 0.3) is 0 Å². The smallest absolute Gasteiger partial charge is 0.169 e. The first-order valence-electron chi connectivity index (χ1n) is 12.5. The Bertz CT molecular complexity index is 1040. The van der Waals surface area contributed by atoms with Gasteiger partial charge in [-0.1, -0.05) is 55.0 Å². The molecular formula is C28H36O7. The summed E-state index contributed by atoms with van der Waals surface area (Å²) >= 11 is 0. The first-order valence-corrected chi connectivity index (χ1v) is 12.5. The molecular weight excluding hydrogens is 448 g/mol. The first-order chi connectivity index (χ1) is 16.7. The first kappa shape index (κ1) is 24.8. The third-order valence-electron chi connectivity index (χ3n) is 8.26. The molecule has 3 aliphatic heterocycles. The van der Waals surface area contributed by atoms with E-state index in [1.165, 1.54) is 11.1 Å². The molecule has 7 heteroatoms. The highest BCUT2D eigenvalue weighted by Crippen LogP contribution is 2.47. The molecule has 0 amide bonds. The molecule has 0 radical (unpaired) electrons. The number of fused-ring (bicyclic) bond motifs is 2. The Hall–Kier alpha value is -1.84. The summed E-state index contributed by atoms with van der Waals surface area (Å²) in [6.45, 7) is 7.82. The Morgan fingerprint density at radius 3 is 2.09 bits per heavy atom. The SMILES string of the molecule is Cc1ccc(Cc2cc([C@@H]3O[C@@H]4O[C@@H]5O[C@H](C)[C@@H](C)[C@H](O)[C@H]5[C@H](O)[C@H]4[C@H](O)[C@H]3O)ccc2C)cc1. The lowest BCUT2D eigenvalue weighted by atomic mass is 9.73. The predicted octanol–water partition coefficient (Wildman–Crippen LogP) is 2.38. The molecule has 11 atom stereocenters. The van der Waals surface area contributed by atoms with Gasteiger partial charge in [-0.25, -0.2) is 0 Å². The van der Waals surface area contributed by atoms with Crippen LogP contribution in [0.15, 0.2) is 42.5 Å². The molecule has 0 bridgehead atoms. The van der Waals surface area contributed by atoms with Crippen LogP contribution >= 0.6 is 0 Å². The van der Waals surface area contributed by atoms with E-state index in [4.69, 9.17) is 14.2 Å². The molecule has 2 aromatic rings. The third-order valence-corrected chi connectivity index (χ3v) is 8.26. The zero-order valence-electron chi connectivity index (χ0n) is 20.6. The molecule has 2 aromatic carbocycles. The second kappa shape index (κ2) is 9.56. The van der Waals surface area contributed by atoms with Crippen LogP contribution in [0.2, 0.25) is 0 Å². The number of benzene rings is 2. The zero-order chi connectivity index (χ0) is 25.0. The fourth-order valence-electron chi connectivity index (χ4n) is 5.72. The summed E-state index contributed by atoms with van der Waals surface area (Å²) in [7, 11) is 0. The van der Waals surface area contributed by atoms with Crippen LogP contribution in [0.1, 0.15) is 47.8 Å². The highest BCUT2D eigenvalue weighted by Gasteiger charge is 2.59. The lowest BCUT2D eigenvalue weighted by molar-refractivity contribution is -0.405. The second-order valence-corrected chi connectivity index (χ2v) is 10.6. The summed E-state index contributed by atoms with van der Waals surface area (Å²) in [6, 6.07) is 14.3. The van der Waals surface area contributed by atoms with Crippen molar-refractivity contribution in [2.24, 2.45) is 17.8 Å². The maximum Gasteiger partial charge on any atom is 0.169 e. The Balaban J connectivity index is 1.40. The van der Waals surface area contributed by atoms with Gasteiger partial charge in [0.1, 0.15) is 12.2 Å². The minimum absolute atomic E-state index is 0.204. The van der Waals surface area contributed by atoms with Crippen LogP contribution in [0.5, 0.6) is 0 Å². The average molecular weight is 485 g/mol. The molecule has 4 N–H and O–H groups in total. The van der Waals surface area contributed by atoms with E-state index >= 15 is 0 Å². The standard InChI is InChI=1S/C28H36O7/c1-13-5-8-17(9-6-13)11-19-12-18(10-7-14(19)2)26-25(32)24(31)21-23(30)20-22(29)15(3)16(4)33-27(20)35-28(21)34-26/h5-10,12,15-16,20-32H,11H2,1-4H3/t15-,16-,20+,21+,22+,23+,24+,25-,26+,27+,28-/m1/s1. The van der Waals surface area contributed by atoms with E-state index in [9.17, 15) is 20.4 Å². The van der Waals surface area contributed by atoms with Crippen LogP contribution in [-0.4, -0.2) is 63.5 Å². The lowest BCUT2D eigenvalue weighted by Gasteiger charge is -2.55. The summed E-state index contributed by atoms with van der Waals surface area (Å²) < 4.78 is 18.2. The molecule has 0 spiro atoms. The van der Waals surface area contributed by atoms with Gasteiger partial charge in [-0.3, -0.25) is 0 Å². The Kier molecular flexibility index (Phi) is 6.78. The van der Waals surface area contributed by atoms with Gasteiger partial charge in [0.2, 0.25) is 0 Å². The van der Waals surface area contributed by atoms with Crippen LogP contribution in [0.3, 0.4) is 0 Å². The summed E-state index contributed by atoms with van der Waals surface area (Å²) in [5.41, 5.74) is 5.34. The molecule has 7 nitrogen and oxygen atoms in total. The van der Waals surface area contributed by atoms with Crippen LogP contribution < -0.4 is 0 Å². The fourth-order valence-corrected chi connectivity index (χ4v) is 5.72. The number of aryl methyl sites for hydroxylation is 2. The molecule has 3 fully saturated rings. The van der Waals surface area contributed by atoms with Gasteiger partial charge >= 0.3 is 0 Å². The molecule has 0 aromatic heterocycles. The highest BCUT2D eigenvalue weighted by molar-refractivity contribution is 5.37. The molecule has 35 heavy (non-hydrogen) atoms. The van der Waals surface area contributed by atoms with Gasteiger partial charge in [0.25, 0.3) is 0 Å². The fraction of sp³-hybridized carbons (Fsp3) is 0.571. The summed E-state index contributed by atoms with van der Waals surface area (Å²) in [4.78, 5) is 0. The van der Waals surface area contributed by atoms with Gasteiger partial charge in [0, 0.05) is 5.92 Å². The Labute approximate surface area is 206 Å². The van der Waals surface area contributed by atoms with Crippen molar-refractivity contribution in [3.05, 3.63) is 70.3 Å². The van der Waals surface area contributed by atoms with Crippen molar-refractivity contribution in [1.29, 1.82) is 0 Å². The topological polar surface area (TPSA) is 109 Å². The number of aliphatic hydroxyl groups excluding tert-OH is 4.